The van der Waals surface area contributed by atoms with Crippen molar-refractivity contribution in [3.8, 4) is 0 Å². The summed E-state index contributed by atoms with van der Waals surface area (Å²) in [5.74, 6) is 0.327. The van der Waals surface area contributed by atoms with Gasteiger partial charge in [0.1, 0.15) is 11.0 Å². The molecule has 0 N–H and O–H groups in total. The van der Waals surface area contributed by atoms with Crippen molar-refractivity contribution in [2.24, 2.45) is 0 Å². The first-order chi connectivity index (χ1) is 7.83. The highest BCUT2D eigenvalue weighted by Crippen LogP contribution is 2.15. The molecule has 0 amide bonds. The second-order valence-corrected chi connectivity index (χ2v) is 3.52. The molecule has 1 aromatic heterocycles. The van der Waals surface area contributed by atoms with Gasteiger partial charge in [-0.05, 0) is 0 Å². The van der Waals surface area contributed by atoms with Crippen LogP contribution in [0.1, 0.15) is 12.7 Å². The zero-order valence-electron chi connectivity index (χ0n) is 8.92. The summed E-state index contributed by atoms with van der Waals surface area (Å²) in [5.41, 5.74) is -0.493. The van der Waals surface area contributed by atoms with E-state index in [4.69, 9.17) is 11.6 Å². The van der Waals surface area contributed by atoms with Crippen molar-refractivity contribution in [1.29, 1.82) is 0 Å². The van der Waals surface area contributed by atoms with Gasteiger partial charge in [-0.2, -0.15) is 0 Å². The second kappa shape index (κ2) is 5.50. The lowest BCUT2D eigenvalue weighted by molar-refractivity contribution is -0.325. The van der Waals surface area contributed by atoms with Crippen molar-refractivity contribution in [2.75, 3.05) is 6.61 Å². The predicted octanol–water partition coefficient (Wildman–Crippen LogP) is 2.00. The average molecular weight is 271 g/mol. The van der Waals surface area contributed by atoms with Crippen LogP contribution >= 0.6 is 11.6 Å². The van der Waals surface area contributed by atoms with Crippen molar-refractivity contribution < 1.29 is 17.9 Å². The SMILES string of the molecule is CCc1nc(Cl)cc(=O)n1CCOC(F)(F)F. The standard InChI is InChI=1S/C9H10ClF3N2O2/c1-2-7-14-6(10)5-8(16)15(7)3-4-17-9(11,12)13/h5H,2-4H2,1H3. The largest absolute Gasteiger partial charge is 0.522 e. The van der Waals surface area contributed by atoms with Gasteiger partial charge in [-0.15, -0.1) is 13.2 Å². The lowest BCUT2D eigenvalue weighted by Crippen LogP contribution is -2.28. The van der Waals surface area contributed by atoms with Crippen LogP contribution in [0.25, 0.3) is 0 Å². The molecule has 96 valence electrons. The molecular weight excluding hydrogens is 261 g/mol. The van der Waals surface area contributed by atoms with Gasteiger partial charge in [0, 0.05) is 12.5 Å². The Hall–Kier alpha value is -1.08. The van der Waals surface area contributed by atoms with E-state index < -0.39 is 18.5 Å². The molecule has 17 heavy (non-hydrogen) atoms. The number of aryl methyl sites for hydroxylation is 1. The van der Waals surface area contributed by atoms with E-state index in [0.29, 0.717) is 12.2 Å². The molecule has 4 nitrogen and oxygen atoms in total. The fraction of sp³-hybridized carbons (Fsp3) is 0.556. The maximum atomic E-state index is 11.8. The lowest BCUT2D eigenvalue weighted by Gasteiger charge is -2.12. The second-order valence-electron chi connectivity index (χ2n) is 3.13. The Balaban J connectivity index is 2.80. The number of alkyl halides is 3. The van der Waals surface area contributed by atoms with Gasteiger partial charge in [0.05, 0.1) is 13.2 Å². The number of hydrogen-bond donors (Lipinski definition) is 0. The van der Waals surface area contributed by atoms with Crippen LogP contribution in [0.4, 0.5) is 13.2 Å². The van der Waals surface area contributed by atoms with Gasteiger partial charge in [0.15, 0.2) is 0 Å². The van der Waals surface area contributed by atoms with Crippen LogP contribution in [0.5, 0.6) is 0 Å². The molecule has 0 saturated heterocycles. The van der Waals surface area contributed by atoms with Crippen molar-refractivity contribution in [1.82, 2.24) is 9.55 Å². The first-order valence-corrected chi connectivity index (χ1v) is 5.18. The minimum atomic E-state index is -4.70. The Labute approximate surface area is 100.0 Å². The lowest BCUT2D eigenvalue weighted by atomic mass is 10.4. The maximum absolute atomic E-state index is 11.8. The molecule has 0 aliphatic rings. The highest BCUT2D eigenvalue weighted by atomic mass is 35.5. The quantitative estimate of drug-likeness (QED) is 0.786. The van der Waals surface area contributed by atoms with E-state index in [1.54, 1.807) is 6.92 Å². The van der Waals surface area contributed by atoms with Crippen molar-refractivity contribution >= 4 is 11.6 Å². The van der Waals surface area contributed by atoms with Crippen LogP contribution in [0.15, 0.2) is 10.9 Å². The van der Waals surface area contributed by atoms with Crippen LogP contribution in [0, 0.1) is 0 Å². The number of halogens is 4. The van der Waals surface area contributed by atoms with Gasteiger partial charge >= 0.3 is 6.36 Å². The smallest absolute Gasteiger partial charge is 0.294 e. The Morgan fingerprint density at radius 3 is 2.71 bits per heavy atom. The summed E-state index contributed by atoms with van der Waals surface area (Å²) in [4.78, 5) is 15.3. The summed E-state index contributed by atoms with van der Waals surface area (Å²) in [6.07, 6.45) is -4.31. The molecule has 8 heteroatoms. The highest BCUT2D eigenvalue weighted by Gasteiger charge is 2.28. The van der Waals surface area contributed by atoms with Gasteiger partial charge in [-0.1, -0.05) is 18.5 Å². The van der Waals surface area contributed by atoms with Crippen LogP contribution in [-0.2, 0) is 17.7 Å². The van der Waals surface area contributed by atoms with Crippen molar-refractivity contribution in [3.05, 3.63) is 27.4 Å². The van der Waals surface area contributed by atoms with Gasteiger partial charge in [-0.25, -0.2) is 4.98 Å². The first-order valence-electron chi connectivity index (χ1n) is 4.80. The zero-order chi connectivity index (χ0) is 13.1. The van der Waals surface area contributed by atoms with E-state index in [1.165, 1.54) is 0 Å². The summed E-state index contributed by atoms with van der Waals surface area (Å²) in [6, 6.07) is 1.05. The molecule has 1 rings (SSSR count). The third-order valence-electron chi connectivity index (χ3n) is 1.95. The van der Waals surface area contributed by atoms with Gasteiger partial charge in [0.2, 0.25) is 0 Å². The van der Waals surface area contributed by atoms with E-state index in [2.05, 4.69) is 9.72 Å². The molecule has 1 heterocycles. The minimum absolute atomic E-state index is 0.0276. The molecule has 0 atom stereocenters. The number of aromatic nitrogens is 2. The topological polar surface area (TPSA) is 44.1 Å². The van der Waals surface area contributed by atoms with Crippen LogP contribution in [0.3, 0.4) is 0 Å². The monoisotopic (exact) mass is 270 g/mol. The van der Waals surface area contributed by atoms with Gasteiger partial charge < -0.3 is 0 Å². The van der Waals surface area contributed by atoms with E-state index >= 15 is 0 Å². The molecule has 0 spiro atoms. The van der Waals surface area contributed by atoms with Crippen LogP contribution < -0.4 is 5.56 Å². The average Bonchev–Trinajstić information content (AvgIpc) is 2.18. The number of hydrogen-bond acceptors (Lipinski definition) is 3. The Kier molecular flexibility index (Phi) is 4.53. The fourth-order valence-corrected chi connectivity index (χ4v) is 1.48. The third-order valence-corrected chi connectivity index (χ3v) is 2.15. The maximum Gasteiger partial charge on any atom is 0.522 e. The predicted molar refractivity (Wildman–Crippen MR) is 54.9 cm³/mol. The summed E-state index contributed by atoms with van der Waals surface area (Å²) >= 11 is 5.57. The Morgan fingerprint density at radius 1 is 1.53 bits per heavy atom. The molecule has 1 aromatic rings. The summed E-state index contributed by atoms with van der Waals surface area (Å²) < 4.78 is 40.0. The van der Waals surface area contributed by atoms with Crippen molar-refractivity contribution in [3.63, 3.8) is 0 Å². The Morgan fingerprint density at radius 2 is 2.18 bits per heavy atom. The molecule has 0 bridgehead atoms. The minimum Gasteiger partial charge on any atom is -0.294 e. The Bertz CT molecular complexity index is 445. The number of nitrogens with zero attached hydrogens (tertiary/aromatic N) is 2. The molecule has 0 unspecified atom stereocenters. The molecule has 0 aliphatic heterocycles. The normalized spacial score (nSPS) is 11.8. The molecule has 0 saturated carbocycles. The van der Waals surface area contributed by atoms with E-state index in [0.717, 1.165) is 10.6 Å². The van der Waals surface area contributed by atoms with E-state index in [1.807, 2.05) is 0 Å². The highest BCUT2D eigenvalue weighted by molar-refractivity contribution is 6.29. The summed E-state index contributed by atoms with van der Waals surface area (Å²) in [5, 5.41) is 0.0276. The van der Waals surface area contributed by atoms with Crippen molar-refractivity contribution in [2.45, 2.75) is 26.3 Å². The van der Waals surface area contributed by atoms with E-state index in [9.17, 15) is 18.0 Å². The number of rotatable bonds is 4. The third kappa shape index (κ3) is 4.35. The van der Waals surface area contributed by atoms with Crippen LogP contribution in [0.2, 0.25) is 5.15 Å². The first kappa shape index (κ1) is 14.0. The molecule has 0 aromatic carbocycles. The van der Waals surface area contributed by atoms with Gasteiger partial charge in [0.25, 0.3) is 5.56 Å². The number of ether oxygens (including phenoxy) is 1. The summed E-state index contributed by atoms with van der Waals surface area (Å²) in [6.45, 7) is 0.866. The van der Waals surface area contributed by atoms with E-state index in [-0.39, 0.29) is 11.7 Å². The van der Waals surface area contributed by atoms with Gasteiger partial charge in [-0.3, -0.25) is 14.1 Å². The fourth-order valence-electron chi connectivity index (χ4n) is 1.28. The zero-order valence-corrected chi connectivity index (χ0v) is 9.68. The molecular formula is C9H10ClF3N2O2. The summed E-state index contributed by atoms with van der Waals surface area (Å²) in [7, 11) is 0. The molecule has 0 aliphatic carbocycles. The molecule has 0 fully saturated rings. The molecule has 0 radical (unpaired) electrons. The van der Waals surface area contributed by atoms with Crippen LogP contribution in [-0.4, -0.2) is 22.5 Å².